The molecule has 0 aromatic heterocycles. The van der Waals surface area contributed by atoms with E-state index in [1.54, 1.807) is 0 Å². The van der Waals surface area contributed by atoms with Crippen LogP contribution in [-0.2, 0) is 19.1 Å². The van der Waals surface area contributed by atoms with E-state index < -0.39 is 5.97 Å². The van der Waals surface area contributed by atoms with Crippen molar-refractivity contribution in [1.82, 2.24) is 0 Å². The van der Waals surface area contributed by atoms with E-state index in [4.69, 9.17) is 19.7 Å². The highest BCUT2D eigenvalue weighted by Crippen LogP contribution is 1.98. The summed E-state index contributed by atoms with van der Waals surface area (Å²) in [6, 6.07) is 0. The van der Waals surface area contributed by atoms with Crippen LogP contribution in [0.3, 0.4) is 0 Å². The maximum absolute atomic E-state index is 11.1. The van der Waals surface area contributed by atoms with Crippen molar-refractivity contribution in [2.45, 2.75) is 32.1 Å². The average molecular weight is 248 g/mol. The van der Waals surface area contributed by atoms with Crippen LogP contribution >= 0.6 is 0 Å². The molecule has 0 rings (SSSR count). The van der Waals surface area contributed by atoms with Crippen molar-refractivity contribution < 1.29 is 29.3 Å². The monoisotopic (exact) mass is 248 g/mol. The Bertz CT molecular complexity index is 216. The number of rotatable bonds is 11. The number of aliphatic carboxylic acids is 1. The van der Waals surface area contributed by atoms with Crippen molar-refractivity contribution in [3.8, 4) is 0 Å². The number of carbonyl (C=O) groups is 2. The Labute approximate surface area is 101 Å². The molecule has 0 saturated carbocycles. The van der Waals surface area contributed by atoms with Crippen LogP contribution in [0, 0.1) is 0 Å². The Morgan fingerprint density at radius 3 is 2.29 bits per heavy atom. The predicted octanol–water partition coefficient (Wildman–Crippen LogP) is 0.574. The molecule has 0 aliphatic rings. The lowest BCUT2D eigenvalue weighted by molar-refractivity contribution is -0.144. The minimum Gasteiger partial charge on any atom is -0.481 e. The summed E-state index contributed by atoms with van der Waals surface area (Å²) < 4.78 is 10.0. The van der Waals surface area contributed by atoms with E-state index in [-0.39, 0.29) is 32.0 Å². The Morgan fingerprint density at radius 1 is 0.941 bits per heavy atom. The molecule has 17 heavy (non-hydrogen) atoms. The largest absolute Gasteiger partial charge is 0.481 e. The van der Waals surface area contributed by atoms with E-state index in [2.05, 4.69) is 0 Å². The Morgan fingerprint density at radius 2 is 1.65 bits per heavy atom. The molecule has 0 fully saturated rings. The third kappa shape index (κ3) is 12.8. The molecule has 0 bridgehead atoms. The van der Waals surface area contributed by atoms with Gasteiger partial charge in [0.1, 0.15) is 0 Å². The first-order valence-corrected chi connectivity index (χ1v) is 5.73. The zero-order valence-corrected chi connectivity index (χ0v) is 9.89. The molecular weight excluding hydrogens is 228 g/mol. The number of hydrogen-bond donors (Lipinski definition) is 2. The van der Waals surface area contributed by atoms with Gasteiger partial charge in [-0.15, -0.1) is 0 Å². The molecule has 0 unspecified atom stereocenters. The number of carboxylic acids is 1. The molecule has 0 atom stereocenters. The zero-order chi connectivity index (χ0) is 12.9. The number of aliphatic hydroxyl groups is 1. The van der Waals surface area contributed by atoms with Crippen LogP contribution in [-0.4, -0.2) is 48.6 Å². The van der Waals surface area contributed by atoms with Crippen LogP contribution in [0.2, 0.25) is 0 Å². The molecular formula is C11H20O6. The SMILES string of the molecule is O=C(O)CCCC(=O)OCCCOCCCO. The fraction of sp³-hybridized carbons (Fsp3) is 0.818. The predicted molar refractivity (Wildman–Crippen MR) is 59.6 cm³/mol. The highest BCUT2D eigenvalue weighted by Gasteiger charge is 2.04. The number of hydrogen-bond acceptors (Lipinski definition) is 5. The van der Waals surface area contributed by atoms with Gasteiger partial charge in [-0.3, -0.25) is 9.59 Å². The van der Waals surface area contributed by atoms with Gasteiger partial charge in [0.15, 0.2) is 0 Å². The summed E-state index contributed by atoms with van der Waals surface area (Å²) >= 11 is 0. The minimum atomic E-state index is -0.907. The molecule has 0 aromatic rings. The summed E-state index contributed by atoms with van der Waals surface area (Å²) in [5, 5.41) is 16.8. The van der Waals surface area contributed by atoms with Crippen LogP contribution in [0.25, 0.3) is 0 Å². The van der Waals surface area contributed by atoms with E-state index in [0.717, 1.165) is 0 Å². The fourth-order valence-corrected chi connectivity index (χ4v) is 1.07. The molecule has 0 aromatic carbocycles. The summed E-state index contributed by atoms with van der Waals surface area (Å²) in [6.45, 7) is 1.38. The molecule has 0 amide bonds. The third-order valence-corrected chi connectivity index (χ3v) is 1.91. The van der Waals surface area contributed by atoms with Crippen molar-refractivity contribution in [3.05, 3.63) is 0 Å². The first-order valence-electron chi connectivity index (χ1n) is 5.73. The van der Waals surface area contributed by atoms with Gasteiger partial charge < -0.3 is 19.7 Å². The minimum absolute atomic E-state index is 0.0145. The Kier molecular flexibility index (Phi) is 10.6. The van der Waals surface area contributed by atoms with E-state index in [1.807, 2.05) is 0 Å². The van der Waals surface area contributed by atoms with Gasteiger partial charge >= 0.3 is 11.9 Å². The van der Waals surface area contributed by atoms with Crippen LogP contribution in [0.15, 0.2) is 0 Å². The standard InChI is InChI=1S/C11H20O6/c12-6-2-7-16-8-3-9-17-11(15)5-1-4-10(13)14/h12H,1-9H2,(H,13,14). The number of carboxylic acid groups (broad SMARTS) is 1. The van der Waals surface area contributed by atoms with Crippen molar-refractivity contribution in [2.75, 3.05) is 26.4 Å². The van der Waals surface area contributed by atoms with Gasteiger partial charge in [0.2, 0.25) is 0 Å². The summed E-state index contributed by atoms with van der Waals surface area (Å²) in [5.74, 6) is -1.28. The molecule has 0 aliphatic heterocycles. The van der Waals surface area contributed by atoms with Crippen LogP contribution in [0.1, 0.15) is 32.1 Å². The first kappa shape index (κ1) is 15.9. The Hall–Kier alpha value is -1.14. The molecule has 0 heterocycles. The average Bonchev–Trinajstić information content (AvgIpc) is 2.27. The maximum Gasteiger partial charge on any atom is 0.305 e. The third-order valence-electron chi connectivity index (χ3n) is 1.91. The lowest BCUT2D eigenvalue weighted by atomic mass is 10.2. The molecule has 6 nitrogen and oxygen atoms in total. The second-order valence-electron chi connectivity index (χ2n) is 3.51. The van der Waals surface area contributed by atoms with Crippen LogP contribution in [0.4, 0.5) is 0 Å². The number of ether oxygens (including phenoxy) is 2. The highest BCUT2D eigenvalue weighted by molar-refractivity contribution is 5.71. The van der Waals surface area contributed by atoms with Crippen molar-refractivity contribution >= 4 is 11.9 Å². The lowest BCUT2D eigenvalue weighted by Gasteiger charge is -2.05. The zero-order valence-electron chi connectivity index (χ0n) is 9.89. The van der Waals surface area contributed by atoms with Gasteiger partial charge in [0.05, 0.1) is 6.61 Å². The quantitative estimate of drug-likeness (QED) is 0.410. The molecule has 0 aliphatic carbocycles. The molecule has 2 N–H and O–H groups in total. The summed E-state index contributed by atoms with van der Waals surface area (Å²) in [5.41, 5.74) is 0. The molecule has 0 saturated heterocycles. The fourth-order valence-electron chi connectivity index (χ4n) is 1.07. The van der Waals surface area contributed by atoms with Gasteiger partial charge in [0.25, 0.3) is 0 Å². The second kappa shape index (κ2) is 11.3. The van der Waals surface area contributed by atoms with E-state index in [9.17, 15) is 9.59 Å². The Balaban J connectivity index is 3.19. The number of carbonyl (C=O) groups excluding carboxylic acids is 1. The van der Waals surface area contributed by atoms with E-state index in [1.165, 1.54) is 0 Å². The first-order chi connectivity index (χ1) is 8.16. The van der Waals surface area contributed by atoms with E-state index >= 15 is 0 Å². The topological polar surface area (TPSA) is 93.1 Å². The van der Waals surface area contributed by atoms with Gasteiger partial charge in [-0.1, -0.05) is 0 Å². The van der Waals surface area contributed by atoms with Crippen LogP contribution < -0.4 is 0 Å². The van der Waals surface area contributed by atoms with Gasteiger partial charge in [-0.2, -0.15) is 0 Å². The highest BCUT2D eigenvalue weighted by atomic mass is 16.5. The molecule has 6 heteroatoms. The molecule has 100 valence electrons. The van der Waals surface area contributed by atoms with Crippen molar-refractivity contribution in [2.24, 2.45) is 0 Å². The van der Waals surface area contributed by atoms with E-state index in [0.29, 0.717) is 32.5 Å². The second-order valence-corrected chi connectivity index (χ2v) is 3.51. The summed E-state index contributed by atoms with van der Waals surface area (Å²) in [4.78, 5) is 21.3. The summed E-state index contributed by atoms with van der Waals surface area (Å²) in [7, 11) is 0. The van der Waals surface area contributed by atoms with Crippen LogP contribution in [0.5, 0.6) is 0 Å². The van der Waals surface area contributed by atoms with Crippen molar-refractivity contribution in [3.63, 3.8) is 0 Å². The van der Waals surface area contributed by atoms with Gasteiger partial charge in [-0.05, 0) is 12.8 Å². The maximum atomic E-state index is 11.1. The van der Waals surface area contributed by atoms with Gasteiger partial charge in [0, 0.05) is 39.1 Å². The van der Waals surface area contributed by atoms with Gasteiger partial charge in [-0.25, -0.2) is 0 Å². The summed E-state index contributed by atoms with van der Waals surface area (Å²) in [6.07, 6.45) is 1.64. The normalized spacial score (nSPS) is 10.2. The number of esters is 1. The number of aliphatic hydroxyl groups excluding tert-OH is 1. The molecule has 0 spiro atoms. The molecule has 0 radical (unpaired) electrons. The smallest absolute Gasteiger partial charge is 0.305 e. The lowest BCUT2D eigenvalue weighted by Crippen LogP contribution is -2.09. The van der Waals surface area contributed by atoms with Crippen molar-refractivity contribution in [1.29, 1.82) is 0 Å².